The van der Waals surface area contributed by atoms with Crippen LogP contribution in [0.5, 0.6) is 0 Å². The normalized spacial score (nSPS) is 14.6. The summed E-state index contributed by atoms with van der Waals surface area (Å²) in [7, 11) is 0. The van der Waals surface area contributed by atoms with Gasteiger partial charge < -0.3 is 5.73 Å². The van der Waals surface area contributed by atoms with Crippen molar-refractivity contribution in [1.82, 2.24) is 0 Å². The van der Waals surface area contributed by atoms with Crippen molar-refractivity contribution in [2.24, 2.45) is 5.73 Å². The molecule has 0 spiro atoms. The number of halogens is 3. The molecule has 0 heterocycles. The van der Waals surface area contributed by atoms with Crippen molar-refractivity contribution in [2.45, 2.75) is 31.7 Å². The SMILES string of the molecule is NC(C/C=C/F)CCC(F)F. The van der Waals surface area contributed by atoms with E-state index in [1.165, 1.54) is 6.08 Å². The first-order chi connectivity index (χ1) is 5.16. The fraction of sp³-hybridized carbons (Fsp3) is 0.714. The van der Waals surface area contributed by atoms with Gasteiger partial charge in [-0.15, -0.1) is 0 Å². The Morgan fingerprint density at radius 2 is 1.91 bits per heavy atom. The van der Waals surface area contributed by atoms with Crippen LogP contribution in [0, 0.1) is 0 Å². The Morgan fingerprint density at radius 3 is 2.36 bits per heavy atom. The third-order valence-corrected chi connectivity index (χ3v) is 1.28. The number of alkyl halides is 2. The van der Waals surface area contributed by atoms with E-state index in [1.807, 2.05) is 0 Å². The number of nitrogens with two attached hydrogens (primary N) is 1. The Labute approximate surface area is 64.1 Å². The van der Waals surface area contributed by atoms with E-state index < -0.39 is 6.43 Å². The van der Waals surface area contributed by atoms with Crippen LogP contribution in [0.15, 0.2) is 12.4 Å². The first-order valence-electron chi connectivity index (χ1n) is 3.45. The summed E-state index contributed by atoms with van der Waals surface area (Å²) >= 11 is 0. The fourth-order valence-electron chi connectivity index (χ4n) is 0.684. The first-order valence-corrected chi connectivity index (χ1v) is 3.45. The molecule has 1 atom stereocenters. The molecule has 0 aliphatic rings. The third kappa shape index (κ3) is 7.39. The zero-order valence-electron chi connectivity index (χ0n) is 6.14. The maximum absolute atomic E-state index is 11.6. The van der Waals surface area contributed by atoms with Gasteiger partial charge in [0.2, 0.25) is 6.43 Å². The van der Waals surface area contributed by atoms with E-state index >= 15 is 0 Å². The standard InChI is InChI=1S/C7H12F3N/c8-5-1-2-6(11)3-4-7(9)10/h1,5-7H,2-4,11H2/b5-1+. The van der Waals surface area contributed by atoms with Gasteiger partial charge >= 0.3 is 0 Å². The molecule has 0 aliphatic heterocycles. The third-order valence-electron chi connectivity index (χ3n) is 1.28. The zero-order chi connectivity index (χ0) is 8.69. The van der Waals surface area contributed by atoms with Gasteiger partial charge in [0.1, 0.15) is 0 Å². The minimum Gasteiger partial charge on any atom is -0.327 e. The lowest BCUT2D eigenvalue weighted by Gasteiger charge is -2.06. The summed E-state index contributed by atoms with van der Waals surface area (Å²) in [6.45, 7) is 0. The second kappa shape index (κ2) is 6.22. The Bertz CT molecular complexity index is 114. The minimum atomic E-state index is -2.31. The van der Waals surface area contributed by atoms with Crippen LogP contribution in [0.4, 0.5) is 13.2 Å². The molecule has 0 amide bonds. The van der Waals surface area contributed by atoms with E-state index in [0.717, 1.165) is 0 Å². The van der Waals surface area contributed by atoms with Gasteiger partial charge in [-0.05, 0) is 12.8 Å². The molecule has 0 aromatic carbocycles. The van der Waals surface area contributed by atoms with Crippen LogP contribution in [0.2, 0.25) is 0 Å². The number of rotatable bonds is 5. The lowest BCUT2D eigenvalue weighted by atomic mass is 10.1. The summed E-state index contributed by atoms with van der Waals surface area (Å²) in [6, 6.07) is -0.351. The van der Waals surface area contributed by atoms with Crippen LogP contribution in [0.3, 0.4) is 0 Å². The van der Waals surface area contributed by atoms with Gasteiger partial charge in [-0.25, -0.2) is 13.2 Å². The molecule has 2 N–H and O–H groups in total. The van der Waals surface area contributed by atoms with Crippen LogP contribution in [-0.2, 0) is 0 Å². The smallest absolute Gasteiger partial charge is 0.238 e. The van der Waals surface area contributed by atoms with E-state index in [4.69, 9.17) is 5.73 Å². The van der Waals surface area contributed by atoms with Crippen LogP contribution in [-0.4, -0.2) is 12.5 Å². The summed E-state index contributed by atoms with van der Waals surface area (Å²) in [5.74, 6) is 0. The van der Waals surface area contributed by atoms with Crippen LogP contribution < -0.4 is 5.73 Å². The van der Waals surface area contributed by atoms with Gasteiger partial charge in [0, 0.05) is 12.5 Å². The molecule has 4 heteroatoms. The maximum atomic E-state index is 11.6. The molecule has 0 aliphatic carbocycles. The van der Waals surface area contributed by atoms with Gasteiger partial charge in [0.15, 0.2) is 0 Å². The van der Waals surface area contributed by atoms with Crippen molar-refractivity contribution in [3.63, 3.8) is 0 Å². The number of hydrogen-bond acceptors (Lipinski definition) is 1. The van der Waals surface area contributed by atoms with E-state index in [2.05, 4.69) is 0 Å². The molecule has 11 heavy (non-hydrogen) atoms. The van der Waals surface area contributed by atoms with Gasteiger partial charge in [-0.3, -0.25) is 0 Å². The van der Waals surface area contributed by atoms with E-state index in [0.29, 0.717) is 12.8 Å². The lowest BCUT2D eigenvalue weighted by molar-refractivity contribution is 0.132. The highest BCUT2D eigenvalue weighted by molar-refractivity contribution is 4.78. The molecule has 0 aromatic heterocycles. The van der Waals surface area contributed by atoms with Crippen LogP contribution in [0.1, 0.15) is 19.3 Å². The lowest BCUT2D eigenvalue weighted by Crippen LogP contribution is -2.19. The Balaban J connectivity index is 3.29. The molecule has 0 radical (unpaired) electrons. The molecule has 66 valence electrons. The van der Waals surface area contributed by atoms with Crippen molar-refractivity contribution in [3.8, 4) is 0 Å². The first kappa shape index (κ1) is 10.5. The highest BCUT2D eigenvalue weighted by Gasteiger charge is 2.06. The predicted octanol–water partition coefficient (Wildman–Crippen LogP) is 2.23. The van der Waals surface area contributed by atoms with Gasteiger partial charge in [0.05, 0.1) is 6.33 Å². The summed E-state index contributed by atoms with van der Waals surface area (Å²) in [5, 5.41) is 0. The summed E-state index contributed by atoms with van der Waals surface area (Å²) in [6.07, 6.45) is -0.347. The second-order valence-electron chi connectivity index (χ2n) is 2.33. The summed E-state index contributed by atoms with van der Waals surface area (Å²) in [4.78, 5) is 0. The molecule has 0 saturated heterocycles. The highest BCUT2D eigenvalue weighted by atomic mass is 19.3. The van der Waals surface area contributed by atoms with Crippen molar-refractivity contribution < 1.29 is 13.2 Å². The molecule has 0 fully saturated rings. The van der Waals surface area contributed by atoms with Gasteiger partial charge in [-0.1, -0.05) is 6.08 Å². The van der Waals surface area contributed by atoms with Gasteiger partial charge in [0.25, 0.3) is 0 Å². The van der Waals surface area contributed by atoms with E-state index in [9.17, 15) is 13.2 Å². The Morgan fingerprint density at radius 1 is 1.27 bits per heavy atom. The van der Waals surface area contributed by atoms with Crippen molar-refractivity contribution >= 4 is 0 Å². The topological polar surface area (TPSA) is 26.0 Å². The largest absolute Gasteiger partial charge is 0.327 e. The second-order valence-corrected chi connectivity index (χ2v) is 2.33. The molecule has 0 aromatic rings. The average Bonchev–Trinajstić information content (AvgIpc) is 1.97. The summed E-state index contributed by atoms with van der Waals surface area (Å²) in [5.41, 5.74) is 5.36. The van der Waals surface area contributed by atoms with Gasteiger partial charge in [-0.2, -0.15) is 0 Å². The van der Waals surface area contributed by atoms with Crippen molar-refractivity contribution in [3.05, 3.63) is 12.4 Å². The molecule has 0 bridgehead atoms. The molecule has 1 unspecified atom stereocenters. The monoisotopic (exact) mass is 167 g/mol. The zero-order valence-corrected chi connectivity index (χ0v) is 6.14. The summed E-state index contributed by atoms with van der Waals surface area (Å²) < 4.78 is 34.5. The van der Waals surface area contributed by atoms with E-state index in [-0.39, 0.29) is 18.9 Å². The Hall–Kier alpha value is -0.510. The van der Waals surface area contributed by atoms with Crippen molar-refractivity contribution in [1.29, 1.82) is 0 Å². The van der Waals surface area contributed by atoms with E-state index in [1.54, 1.807) is 0 Å². The Kier molecular flexibility index (Phi) is 5.93. The molecular weight excluding hydrogens is 155 g/mol. The molecular formula is C7H12F3N. The minimum absolute atomic E-state index is 0.207. The van der Waals surface area contributed by atoms with Crippen molar-refractivity contribution in [2.75, 3.05) is 0 Å². The molecule has 0 saturated carbocycles. The fourth-order valence-corrected chi connectivity index (χ4v) is 0.684. The quantitative estimate of drug-likeness (QED) is 0.667. The molecule has 0 rings (SSSR count). The maximum Gasteiger partial charge on any atom is 0.238 e. The van der Waals surface area contributed by atoms with Crippen LogP contribution in [0.25, 0.3) is 0 Å². The van der Waals surface area contributed by atoms with Crippen LogP contribution >= 0.6 is 0 Å². The highest BCUT2D eigenvalue weighted by Crippen LogP contribution is 2.07. The molecule has 1 nitrogen and oxygen atoms in total. The average molecular weight is 167 g/mol. The number of hydrogen-bond donors (Lipinski definition) is 1. The predicted molar refractivity (Wildman–Crippen MR) is 38.1 cm³/mol.